The Morgan fingerprint density at radius 3 is 2.75 bits per heavy atom. The number of carbonyl (C=O) groups is 1. The van der Waals surface area contributed by atoms with Gasteiger partial charge in [0.15, 0.2) is 0 Å². The van der Waals surface area contributed by atoms with Gasteiger partial charge in [0.2, 0.25) is 0 Å². The van der Waals surface area contributed by atoms with Crippen molar-refractivity contribution in [2.45, 2.75) is 13.2 Å². The van der Waals surface area contributed by atoms with Crippen molar-refractivity contribution >= 4 is 11.8 Å². The van der Waals surface area contributed by atoms with Gasteiger partial charge >= 0.3 is 6.03 Å². The Kier molecular flexibility index (Phi) is 4.62. The van der Waals surface area contributed by atoms with Gasteiger partial charge in [-0.25, -0.2) is 14.2 Å². The zero-order valence-corrected chi connectivity index (χ0v) is 10.6. The molecule has 0 saturated heterocycles. The van der Waals surface area contributed by atoms with Crippen LogP contribution in [-0.4, -0.2) is 16.1 Å². The first kappa shape index (κ1) is 14.0. The number of nitrogens with one attached hydrogen (secondary N) is 2. The quantitative estimate of drug-likeness (QED) is 0.799. The minimum atomic E-state index is -0.461. The van der Waals surface area contributed by atoms with Crippen LogP contribution in [0.2, 0.25) is 0 Å². The van der Waals surface area contributed by atoms with Gasteiger partial charge in [0, 0.05) is 6.54 Å². The summed E-state index contributed by atoms with van der Waals surface area (Å²) in [6, 6.07) is 9.41. The van der Waals surface area contributed by atoms with Crippen molar-refractivity contribution in [3.63, 3.8) is 0 Å². The molecule has 104 valence electrons. The number of anilines is 1. The minimum absolute atomic E-state index is 0.0421. The van der Waals surface area contributed by atoms with Crippen LogP contribution in [-0.2, 0) is 13.2 Å². The highest BCUT2D eigenvalue weighted by molar-refractivity contribution is 5.88. The van der Waals surface area contributed by atoms with Crippen LogP contribution >= 0.6 is 0 Å². The summed E-state index contributed by atoms with van der Waals surface area (Å²) in [6.07, 6.45) is 1.03. The molecule has 2 rings (SSSR count). The molecule has 6 heteroatoms. The fourth-order valence-electron chi connectivity index (χ4n) is 1.63. The lowest BCUT2D eigenvalue weighted by atomic mass is 10.1. The van der Waals surface area contributed by atoms with Crippen molar-refractivity contribution < 1.29 is 14.3 Å². The lowest BCUT2D eigenvalue weighted by Crippen LogP contribution is -2.28. The van der Waals surface area contributed by atoms with Crippen LogP contribution in [0.25, 0.3) is 0 Å². The number of nitrogens with zero attached hydrogens (tertiary/aromatic N) is 1. The van der Waals surface area contributed by atoms with Gasteiger partial charge in [-0.15, -0.1) is 0 Å². The number of urea groups is 1. The highest BCUT2D eigenvalue weighted by Crippen LogP contribution is 2.06. The molecule has 20 heavy (non-hydrogen) atoms. The number of aliphatic hydroxyl groups excluding tert-OH is 1. The average Bonchev–Trinajstić information content (AvgIpc) is 2.48. The number of aromatic nitrogens is 1. The van der Waals surface area contributed by atoms with Crippen LogP contribution in [0.4, 0.5) is 15.0 Å². The molecule has 0 saturated carbocycles. The molecule has 0 radical (unpaired) electrons. The second-order valence-electron chi connectivity index (χ2n) is 4.15. The Hall–Kier alpha value is -2.47. The van der Waals surface area contributed by atoms with Gasteiger partial charge in [-0.1, -0.05) is 24.3 Å². The van der Waals surface area contributed by atoms with Gasteiger partial charge in [-0.2, -0.15) is 0 Å². The average molecular weight is 275 g/mol. The van der Waals surface area contributed by atoms with Gasteiger partial charge < -0.3 is 10.4 Å². The van der Waals surface area contributed by atoms with Crippen molar-refractivity contribution in [3.8, 4) is 0 Å². The molecule has 0 aliphatic heterocycles. The Labute approximate surface area is 115 Å². The molecule has 0 aliphatic rings. The number of amides is 2. The smallest absolute Gasteiger partial charge is 0.320 e. The summed E-state index contributed by atoms with van der Waals surface area (Å²) in [4.78, 5) is 15.3. The predicted octanol–water partition coefficient (Wildman–Crippen LogP) is 2.03. The Balaban J connectivity index is 1.87. The van der Waals surface area contributed by atoms with Gasteiger partial charge in [-0.05, 0) is 23.3 Å². The number of rotatable bonds is 4. The van der Waals surface area contributed by atoms with Gasteiger partial charge in [0.05, 0.1) is 12.8 Å². The molecular formula is C14H14FN3O2. The molecule has 0 aliphatic carbocycles. The van der Waals surface area contributed by atoms with E-state index < -0.39 is 11.8 Å². The van der Waals surface area contributed by atoms with Crippen molar-refractivity contribution in [2.24, 2.45) is 0 Å². The largest absolute Gasteiger partial charge is 0.392 e. The van der Waals surface area contributed by atoms with E-state index in [0.717, 1.165) is 17.3 Å². The summed E-state index contributed by atoms with van der Waals surface area (Å²) in [7, 11) is 0. The number of pyridine rings is 1. The molecule has 0 atom stereocenters. The molecule has 0 unspecified atom stereocenters. The molecule has 3 N–H and O–H groups in total. The predicted molar refractivity (Wildman–Crippen MR) is 72.4 cm³/mol. The SMILES string of the molecule is O=C(NCc1cccc(CO)c1)Nc1ccc(F)cn1. The van der Waals surface area contributed by atoms with Gasteiger partial charge in [-0.3, -0.25) is 5.32 Å². The Bertz CT molecular complexity index is 587. The van der Waals surface area contributed by atoms with Crippen LogP contribution in [0, 0.1) is 5.82 Å². The van der Waals surface area contributed by atoms with Crippen molar-refractivity contribution in [2.75, 3.05) is 5.32 Å². The van der Waals surface area contributed by atoms with Crippen LogP contribution < -0.4 is 10.6 Å². The van der Waals surface area contributed by atoms with Crippen LogP contribution in [0.3, 0.4) is 0 Å². The number of benzene rings is 1. The maximum Gasteiger partial charge on any atom is 0.320 e. The maximum absolute atomic E-state index is 12.7. The third-order valence-corrected chi connectivity index (χ3v) is 2.60. The molecule has 1 heterocycles. The number of hydrogen-bond acceptors (Lipinski definition) is 3. The zero-order valence-electron chi connectivity index (χ0n) is 10.6. The topological polar surface area (TPSA) is 74.2 Å². The fraction of sp³-hybridized carbons (Fsp3) is 0.143. The molecule has 2 amide bonds. The highest BCUT2D eigenvalue weighted by atomic mass is 19.1. The maximum atomic E-state index is 12.7. The molecule has 5 nitrogen and oxygen atoms in total. The normalized spacial score (nSPS) is 10.1. The van der Waals surface area contributed by atoms with E-state index in [0.29, 0.717) is 6.54 Å². The monoisotopic (exact) mass is 275 g/mol. The summed E-state index contributed by atoms with van der Waals surface area (Å²) in [6.45, 7) is 0.278. The van der Waals surface area contributed by atoms with Crippen molar-refractivity contribution in [3.05, 3.63) is 59.5 Å². The Morgan fingerprint density at radius 1 is 1.25 bits per heavy atom. The van der Waals surface area contributed by atoms with Crippen LogP contribution in [0.5, 0.6) is 0 Å². The molecule has 0 bridgehead atoms. The third-order valence-electron chi connectivity index (χ3n) is 2.60. The second-order valence-corrected chi connectivity index (χ2v) is 4.15. The zero-order chi connectivity index (χ0) is 14.4. The molecule has 1 aromatic heterocycles. The number of hydrogen-bond donors (Lipinski definition) is 3. The van der Waals surface area contributed by atoms with E-state index in [1.807, 2.05) is 12.1 Å². The third kappa shape index (κ3) is 4.03. The molecule has 1 aromatic carbocycles. The summed E-state index contributed by atoms with van der Waals surface area (Å²) in [5.41, 5.74) is 1.66. The summed E-state index contributed by atoms with van der Waals surface area (Å²) >= 11 is 0. The molecular weight excluding hydrogens is 261 g/mol. The van der Waals surface area contributed by atoms with E-state index >= 15 is 0 Å². The van der Waals surface area contributed by atoms with Crippen LogP contribution in [0.15, 0.2) is 42.6 Å². The van der Waals surface area contributed by atoms with Crippen molar-refractivity contribution in [1.29, 1.82) is 0 Å². The van der Waals surface area contributed by atoms with E-state index in [-0.39, 0.29) is 12.4 Å². The van der Waals surface area contributed by atoms with E-state index in [1.165, 1.54) is 12.1 Å². The van der Waals surface area contributed by atoms with Gasteiger partial charge in [0.25, 0.3) is 0 Å². The molecule has 2 aromatic rings. The standard InChI is InChI=1S/C14H14FN3O2/c15-12-4-5-13(16-8-12)18-14(20)17-7-10-2-1-3-11(6-10)9-19/h1-6,8,19H,7,9H2,(H2,16,17,18,20). The first-order chi connectivity index (χ1) is 9.67. The highest BCUT2D eigenvalue weighted by Gasteiger charge is 2.03. The second kappa shape index (κ2) is 6.63. The molecule has 0 fully saturated rings. The van der Waals surface area contributed by atoms with Gasteiger partial charge in [0.1, 0.15) is 11.6 Å². The van der Waals surface area contributed by atoms with E-state index in [9.17, 15) is 9.18 Å². The fourth-order valence-corrected chi connectivity index (χ4v) is 1.63. The number of aliphatic hydroxyl groups is 1. The first-order valence-corrected chi connectivity index (χ1v) is 6.02. The number of halogens is 1. The van der Waals surface area contributed by atoms with E-state index in [1.54, 1.807) is 12.1 Å². The summed E-state index contributed by atoms with van der Waals surface area (Å²) < 4.78 is 12.7. The number of carbonyl (C=O) groups excluding carboxylic acids is 1. The van der Waals surface area contributed by atoms with E-state index in [2.05, 4.69) is 15.6 Å². The van der Waals surface area contributed by atoms with Crippen LogP contribution in [0.1, 0.15) is 11.1 Å². The summed E-state index contributed by atoms with van der Waals surface area (Å²) in [5.74, 6) is -0.190. The molecule has 0 spiro atoms. The minimum Gasteiger partial charge on any atom is -0.392 e. The first-order valence-electron chi connectivity index (χ1n) is 6.02. The lowest BCUT2D eigenvalue weighted by molar-refractivity contribution is 0.251. The van der Waals surface area contributed by atoms with E-state index in [4.69, 9.17) is 5.11 Å². The summed E-state index contributed by atoms with van der Waals surface area (Å²) in [5, 5.41) is 14.2. The Morgan fingerprint density at radius 2 is 2.05 bits per heavy atom. The lowest BCUT2D eigenvalue weighted by Gasteiger charge is -2.07. The van der Waals surface area contributed by atoms with Crippen molar-refractivity contribution in [1.82, 2.24) is 10.3 Å².